The first-order valence-corrected chi connectivity index (χ1v) is 7.47. The molecule has 0 amide bonds. The minimum absolute atomic E-state index is 0.106. The highest BCUT2D eigenvalue weighted by atomic mass is 16.5. The Morgan fingerprint density at radius 1 is 1.20 bits per heavy atom. The molecule has 0 aromatic heterocycles. The SMILES string of the molecule is CC1(C#N)CCN(CCOCCc2ccccc2)CC1. The molecule has 1 fully saturated rings. The normalized spacial score (nSPS) is 18.6. The summed E-state index contributed by atoms with van der Waals surface area (Å²) in [6, 6.07) is 12.9. The van der Waals surface area contributed by atoms with Crippen molar-refractivity contribution in [2.45, 2.75) is 26.2 Å². The van der Waals surface area contributed by atoms with Gasteiger partial charge in [0.25, 0.3) is 0 Å². The van der Waals surface area contributed by atoms with Gasteiger partial charge in [0.15, 0.2) is 0 Å². The number of hydrogen-bond donors (Lipinski definition) is 0. The molecule has 0 spiro atoms. The first-order chi connectivity index (χ1) is 9.72. The van der Waals surface area contributed by atoms with E-state index in [-0.39, 0.29) is 5.41 Å². The predicted octanol–water partition coefficient (Wildman–Crippen LogP) is 2.87. The quantitative estimate of drug-likeness (QED) is 0.747. The Labute approximate surface area is 122 Å². The Balaban J connectivity index is 1.55. The minimum atomic E-state index is -0.106. The van der Waals surface area contributed by atoms with Crippen LogP contribution in [0.3, 0.4) is 0 Å². The lowest BCUT2D eigenvalue weighted by molar-refractivity contribution is 0.0829. The van der Waals surface area contributed by atoms with Gasteiger partial charge in [-0.05, 0) is 44.8 Å². The van der Waals surface area contributed by atoms with Crippen molar-refractivity contribution >= 4 is 0 Å². The predicted molar refractivity (Wildman–Crippen MR) is 80.4 cm³/mol. The molecular weight excluding hydrogens is 248 g/mol. The number of benzene rings is 1. The Morgan fingerprint density at radius 2 is 1.90 bits per heavy atom. The van der Waals surface area contributed by atoms with Gasteiger partial charge >= 0.3 is 0 Å². The average molecular weight is 272 g/mol. The van der Waals surface area contributed by atoms with Crippen LogP contribution < -0.4 is 0 Å². The number of hydrogen-bond acceptors (Lipinski definition) is 3. The van der Waals surface area contributed by atoms with E-state index in [2.05, 4.69) is 42.2 Å². The van der Waals surface area contributed by atoms with E-state index in [1.165, 1.54) is 5.56 Å². The molecule has 1 aliphatic heterocycles. The maximum absolute atomic E-state index is 9.10. The lowest BCUT2D eigenvalue weighted by Gasteiger charge is -2.34. The molecule has 1 aromatic rings. The summed E-state index contributed by atoms with van der Waals surface area (Å²) < 4.78 is 5.71. The Hall–Kier alpha value is -1.37. The van der Waals surface area contributed by atoms with Crippen LogP contribution in [0.2, 0.25) is 0 Å². The Kier molecular flexibility index (Phi) is 5.58. The second-order valence-electron chi connectivity index (χ2n) is 5.86. The van der Waals surface area contributed by atoms with Gasteiger partial charge < -0.3 is 9.64 Å². The largest absolute Gasteiger partial charge is 0.380 e. The summed E-state index contributed by atoms with van der Waals surface area (Å²) in [5.74, 6) is 0. The number of rotatable bonds is 6. The number of likely N-dealkylation sites (tertiary alicyclic amines) is 1. The summed E-state index contributed by atoms with van der Waals surface area (Å²) in [5.41, 5.74) is 1.22. The number of ether oxygens (including phenoxy) is 1. The third-order valence-corrected chi connectivity index (χ3v) is 4.16. The van der Waals surface area contributed by atoms with Crippen LogP contribution >= 0.6 is 0 Å². The highest BCUT2D eigenvalue weighted by Gasteiger charge is 2.29. The van der Waals surface area contributed by atoms with Crippen LogP contribution in [0.1, 0.15) is 25.3 Å². The van der Waals surface area contributed by atoms with Gasteiger partial charge in [-0.1, -0.05) is 30.3 Å². The molecule has 1 aliphatic rings. The summed E-state index contributed by atoms with van der Waals surface area (Å²) in [6.07, 6.45) is 2.94. The second-order valence-corrected chi connectivity index (χ2v) is 5.86. The molecule has 0 atom stereocenters. The van der Waals surface area contributed by atoms with E-state index in [0.29, 0.717) is 0 Å². The second kappa shape index (κ2) is 7.42. The van der Waals surface area contributed by atoms with Crippen LogP contribution in [0.15, 0.2) is 30.3 Å². The molecule has 3 heteroatoms. The van der Waals surface area contributed by atoms with Crippen molar-refractivity contribution in [1.29, 1.82) is 5.26 Å². The molecule has 3 nitrogen and oxygen atoms in total. The molecule has 20 heavy (non-hydrogen) atoms. The van der Waals surface area contributed by atoms with E-state index in [4.69, 9.17) is 10.00 Å². The van der Waals surface area contributed by atoms with Crippen molar-refractivity contribution in [3.05, 3.63) is 35.9 Å². The zero-order chi connectivity index (χ0) is 14.3. The topological polar surface area (TPSA) is 36.3 Å². The molecule has 1 heterocycles. The monoisotopic (exact) mass is 272 g/mol. The summed E-state index contributed by atoms with van der Waals surface area (Å²) in [6.45, 7) is 6.67. The zero-order valence-electron chi connectivity index (χ0n) is 12.3. The summed E-state index contributed by atoms with van der Waals surface area (Å²) in [4.78, 5) is 2.40. The average Bonchev–Trinajstić information content (AvgIpc) is 2.50. The van der Waals surface area contributed by atoms with Crippen molar-refractivity contribution in [2.75, 3.05) is 32.8 Å². The van der Waals surface area contributed by atoms with Gasteiger partial charge in [-0.2, -0.15) is 5.26 Å². The molecule has 108 valence electrons. The Bertz CT molecular complexity index is 430. The van der Waals surface area contributed by atoms with Crippen molar-refractivity contribution in [1.82, 2.24) is 4.90 Å². The van der Waals surface area contributed by atoms with Gasteiger partial charge in [-0.3, -0.25) is 0 Å². The summed E-state index contributed by atoms with van der Waals surface area (Å²) >= 11 is 0. The smallest absolute Gasteiger partial charge is 0.0687 e. The molecule has 0 N–H and O–H groups in total. The van der Waals surface area contributed by atoms with Gasteiger partial charge in [0.1, 0.15) is 0 Å². The van der Waals surface area contributed by atoms with E-state index in [9.17, 15) is 0 Å². The lowest BCUT2D eigenvalue weighted by atomic mass is 9.82. The van der Waals surface area contributed by atoms with Crippen molar-refractivity contribution in [3.8, 4) is 6.07 Å². The van der Waals surface area contributed by atoms with Crippen LogP contribution in [0, 0.1) is 16.7 Å². The van der Waals surface area contributed by atoms with Crippen molar-refractivity contribution in [2.24, 2.45) is 5.41 Å². The van der Waals surface area contributed by atoms with Gasteiger partial charge in [0, 0.05) is 6.54 Å². The number of nitriles is 1. The summed E-state index contributed by atoms with van der Waals surface area (Å²) in [5, 5.41) is 9.10. The van der Waals surface area contributed by atoms with Gasteiger partial charge in [-0.25, -0.2) is 0 Å². The standard InChI is InChI=1S/C17H24N2O/c1-17(15-18)8-10-19(11-9-17)12-14-20-13-7-16-5-3-2-4-6-16/h2-6H,7-14H2,1H3. The maximum Gasteiger partial charge on any atom is 0.0687 e. The van der Waals surface area contributed by atoms with E-state index in [1.54, 1.807) is 0 Å². The Morgan fingerprint density at radius 3 is 2.55 bits per heavy atom. The van der Waals surface area contributed by atoms with Crippen LogP contribution in [0.5, 0.6) is 0 Å². The van der Waals surface area contributed by atoms with Crippen LogP contribution in [0.25, 0.3) is 0 Å². The zero-order valence-corrected chi connectivity index (χ0v) is 12.3. The molecule has 0 unspecified atom stereocenters. The minimum Gasteiger partial charge on any atom is -0.380 e. The highest BCUT2D eigenvalue weighted by molar-refractivity contribution is 5.14. The first kappa shape index (κ1) is 15.0. The van der Waals surface area contributed by atoms with Gasteiger partial charge in [0.2, 0.25) is 0 Å². The molecule has 1 aromatic carbocycles. The van der Waals surface area contributed by atoms with E-state index in [0.717, 1.165) is 52.1 Å². The highest BCUT2D eigenvalue weighted by Crippen LogP contribution is 2.29. The molecule has 2 rings (SSSR count). The van der Waals surface area contributed by atoms with E-state index < -0.39 is 0 Å². The fourth-order valence-electron chi connectivity index (χ4n) is 2.51. The van der Waals surface area contributed by atoms with E-state index in [1.807, 2.05) is 6.07 Å². The summed E-state index contributed by atoms with van der Waals surface area (Å²) in [7, 11) is 0. The number of nitrogens with zero attached hydrogens (tertiary/aromatic N) is 2. The van der Waals surface area contributed by atoms with Gasteiger partial charge in [-0.15, -0.1) is 0 Å². The van der Waals surface area contributed by atoms with Crippen molar-refractivity contribution < 1.29 is 4.74 Å². The maximum atomic E-state index is 9.10. The fourth-order valence-corrected chi connectivity index (χ4v) is 2.51. The molecule has 0 aliphatic carbocycles. The van der Waals surface area contributed by atoms with E-state index >= 15 is 0 Å². The third-order valence-electron chi connectivity index (χ3n) is 4.16. The van der Waals surface area contributed by atoms with Crippen LogP contribution in [0.4, 0.5) is 0 Å². The fraction of sp³-hybridized carbons (Fsp3) is 0.588. The third kappa shape index (κ3) is 4.63. The molecule has 0 saturated carbocycles. The molecule has 1 saturated heterocycles. The van der Waals surface area contributed by atoms with Crippen LogP contribution in [-0.2, 0) is 11.2 Å². The molecular formula is C17H24N2O. The first-order valence-electron chi connectivity index (χ1n) is 7.47. The van der Waals surface area contributed by atoms with Gasteiger partial charge in [0.05, 0.1) is 24.7 Å². The van der Waals surface area contributed by atoms with Crippen LogP contribution in [-0.4, -0.2) is 37.7 Å². The lowest BCUT2D eigenvalue weighted by Crippen LogP contribution is -2.39. The molecule has 0 bridgehead atoms. The van der Waals surface area contributed by atoms with Crippen molar-refractivity contribution in [3.63, 3.8) is 0 Å². The molecule has 0 radical (unpaired) electrons. The number of piperidine rings is 1.